The molecule has 4 N–H and O–H groups in total. The van der Waals surface area contributed by atoms with Crippen LogP contribution in [0.4, 0.5) is 11.4 Å². The van der Waals surface area contributed by atoms with E-state index >= 15 is 0 Å². The van der Waals surface area contributed by atoms with Crippen LogP contribution in [0.2, 0.25) is 0 Å². The van der Waals surface area contributed by atoms with E-state index in [1.807, 2.05) is 0 Å². The minimum Gasteiger partial charge on any atom is -0.506 e. The van der Waals surface area contributed by atoms with Crippen LogP contribution in [0.3, 0.4) is 0 Å². The highest BCUT2D eigenvalue weighted by Gasteiger charge is 2.14. The molecule has 9 heteroatoms. The van der Waals surface area contributed by atoms with Crippen LogP contribution in [0, 0.1) is 10.1 Å². The molecule has 1 amide bonds. The van der Waals surface area contributed by atoms with Crippen LogP contribution >= 0.6 is 15.9 Å². The van der Waals surface area contributed by atoms with E-state index in [4.69, 9.17) is 5.73 Å². The smallest absolute Gasteiger partial charge is 0.273 e. The number of carbonyl (C=O) groups is 1. The summed E-state index contributed by atoms with van der Waals surface area (Å²) in [5.41, 5.74) is 8.29. The molecule has 2 aromatic carbocycles. The first kappa shape index (κ1) is 16.4. The SMILES string of the molecule is Nc1ccccc1C(=O)NN=Cc1cc([N+](=O)[O-])cc(Br)c1O. The monoisotopic (exact) mass is 378 g/mol. The maximum Gasteiger partial charge on any atom is 0.273 e. The number of nitro groups is 1. The van der Waals surface area contributed by atoms with E-state index in [9.17, 15) is 20.0 Å². The average molecular weight is 379 g/mol. The maximum absolute atomic E-state index is 11.9. The van der Waals surface area contributed by atoms with Crippen LogP contribution in [0.1, 0.15) is 15.9 Å². The number of hydrazone groups is 1. The van der Waals surface area contributed by atoms with Gasteiger partial charge in [-0.3, -0.25) is 14.9 Å². The van der Waals surface area contributed by atoms with Gasteiger partial charge in [0.15, 0.2) is 0 Å². The van der Waals surface area contributed by atoms with E-state index in [2.05, 4.69) is 26.5 Å². The normalized spacial score (nSPS) is 10.7. The van der Waals surface area contributed by atoms with Gasteiger partial charge in [-0.15, -0.1) is 0 Å². The topological polar surface area (TPSA) is 131 Å². The predicted molar refractivity (Wildman–Crippen MR) is 88.4 cm³/mol. The minimum absolute atomic E-state index is 0.0763. The average Bonchev–Trinajstić information content (AvgIpc) is 2.51. The number of phenolic OH excluding ortho intramolecular Hbond substituents is 1. The zero-order valence-electron chi connectivity index (χ0n) is 11.6. The number of nitrogens with zero attached hydrogens (tertiary/aromatic N) is 2. The first-order chi connectivity index (χ1) is 10.9. The maximum atomic E-state index is 11.9. The summed E-state index contributed by atoms with van der Waals surface area (Å²) in [6.07, 6.45) is 1.10. The number of aromatic hydroxyl groups is 1. The Morgan fingerprint density at radius 1 is 1.39 bits per heavy atom. The van der Waals surface area contributed by atoms with Crippen LogP contribution < -0.4 is 11.2 Å². The van der Waals surface area contributed by atoms with Gasteiger partial charge in [-0.05, 0) is 28.1 Å². The quantitative estimate of drug-likeness (QED) is 0.325. The second-order valence-electron chi connectivity index (χ2n) is 4.41. The highest BCUT2D eigenvalue weighted by atomic mass is 79.9. The summed E-state index contributed by atoms with van der Waals surface area (Å²) >= 11 is 3.01. The zero-order chi connectivity index (χ0) is 17.0. The third-order valence-corrected chi connectivity index (χ3v) is 3.47. The number of non-ortho nitro benzene ring substituents is 1. The molecule has 8 nitrogen and oxygen atoms in total. The van der Waals surface area contributed by atoms with Gasteiger partial charge in [0.2, 0.25) is 0 Å². The Morgan fingerprint density at radius 2 is 2.09 bits per heavy atom. The number of para-hydroxylation sites is 1. The Bertz CT molecular complexity index is 807. The number of anilines is 1. The number of benzene rings is 2. The van der Waals surface area contributed by atoms with Crippen LogP contribution in [0.25, 0.3) is 0 Å². The fourth-order valence-corrected chi connectivity index (χ4v) is 2.20. The van der Waals surface area contributed by atoms with Crippen molar-refractivity contribution < 1.29 is 14.8 Å². The van der Waals surface area contributed by atoms with Crippen molar-refractivity contribution in [2.45, 2.75) is 0 Å². The lowest BCUT2D eigenvalue weighted by molar-refractivity contribution is -0.385. The first-order valence-electron chi connectivity index (χ1n) is 6.25. The lowest BCUT2D eigenvalue weighted by Gasteiger charge is -2.04. The number of carbonyl (C=O) groups excluding carboxylic acids is 1. The summed E-state index contributed by atoms with van der Waals surface area (Å²) in [6, 6.07) is 8.73. The number of nitrogens with two attached hydrogens (primary N) is 1. The van der Waals surface area contributed by atoms with Crippen LogP contribution in [0.5, 0.6) is 5.75 Å². The minimum atomic E-state index is -0.606. The predicted octanol–water partition coefficient (Wildman–Crippen LogP) is 2.41. The standard InChI is InChI=1S/C14H11BrN4O4/c15-11-6-9(19(22)23)5-8(13(11)20)7-17-18-14(21)10-3-1-2-4-12(10)16/h1-7,20H,16H2,(H,18,21). The van der Waals surface area contributed by atoms with Gasteiger partial charge in [0.25, 0.3) is 11.6 Å². The number of amides is 1. The molecule has 0 saturated heterocycles. The number of halogens is 1. The van der Waals surface area contributed by atoms with Crippen molar-refractivity contribution in [1.82, 2.24) is 5.43 Å². The highest BCUT2D eigenvalue weighted by Crippen LogP contribution is 2.31. The Balaban J connectivity index is 2.19. The molecule has 0 fully saturated rings. The van der Waals surface area contributed by atoms with Crippen molar-refractivity contribution in [3.8, 4) is 5.75 Å². The van der Waals surface area contributed by atoms with Gasteiger partial charge < -0.3 is 10.8 Å². The van der Waals surface area contributed by atoms with Gasteiger partial charge in [-0.25, -0.2) is 5.43 Å². The number of phenols is 1. The van der Waals surface area contributed by atoms with Gasteiger partial charge in [-0.1, -0.05) is 12.1 Å². The van der Waals surface area contributed by atoms with Gasteiger partial charge in [0, 0.05) is 23.4 Å². The summed E-state index contributed by atoms with van der Waals surface area (Å²) in [7, 11) is 0. The van der Waals surface area contributed by atoms with Crippen molar-refractivity contribution in [1.29, 1.82) is 0 Å². The number of hydrogen-bond acceptors (Lipinski definition) is 6. The fourth-order valence-electron chi connectivity index (χ4n) is 1.73. The lowest BCUT2D eigenvalue weighted by atomic mass is 10.2. The van der Waals surface area contributed by atoms with Gasteiger partial charge in [0.1, 0.15) is 5.75 Å². The lowest BCUT2D eigenvalue weighted by Crippen LogP contribution is -2.19. The van der Waals surface area contributed by atoms with E-state index in [1.54, 1.807) is 18.2 Å². The second kappa shape index (κ2) is 6.88. The molecule has 0 unspecified atom stereocenters. The van der Waals surface area contributed by atoms with Gasteiger partial charge in [-0.2, -0.15) is 5.10 Å². The van der Waals surface area contributed by atoms with Crippen molar-refractivity contribution >= 4 is 39.4 Å². The van der Waals surface area contributed by atoms with Crippen LogP contribution in [-0.2, 0) is 0 Å². The van der Waals surface area contributed by atoms with Gasteiger partial charge in [0.05, 0.1) is 21.2 Å². The molecule has 0 atom stereocenters. The summed E-state index contributed by atoms with van der Waals surface area (Å²) in [6.45, 7) is 0. The number of nitrogens with one attached hydrogen (secondary N) is 1. The largest absolute Gasteiger partial charge is 0.506 e. The molecular weight excluding hydrogens is 368 g/mol. The molecule has 0 aliphatic carbocycles. The summed E-state index contributed by atoms with van der Waals surface area (Å²) in [5, 5.41) is 24.3. The van der Waals surface area contributed by atoms with Crippen molar-refractivity contribution in [3.63, 3.8) is 0 Å². The van der Waals surface area contributed by atoms with Crippen molar-refractivity contribution in [3.05, 3.63) is 62.1 Å². The number of hydrogen-bond donors (Lipinski definition) is 3. The van der Waals surface area contributed by atoms with Crippen molar-refractivity contribution in [2.75, 3.05) is 5.73 Å². The zero-order valence-corrected chi connectivity index (χ0v) is 13.1. The fraction of sp³-hybridized carbons (Fsp3) is 0. The molecule has 0 saturated carbocycles. The molecule has 0 radical (unpaired) electrons. The summed E-state index contributed by atoms with van der Waals surface area (Å²) in [4.78, 5) is 22.1. The molecule has 2 aromatic rings. The Kier molecular flexibility index (Phi) is 4.91. The van der Waals surface area contributed by atoms with E-state index in [0.717, 1.165) is 18.3 Å². The third kappa shape index (κ3) is 3.83. The highest BCUT2D eigenvalue weighted by molar-refractivity contribution is 9.10. The van der Waals surface area contributed by atoms with Crippen LogP contribution in [-0.4, -0.2) is 22.2 Å². The van der Waals surface area contributed by atoms with E-state index in [1.165, 1.54) is 6.07 Å². The number of nitro benzene ring substituents is 1. The molecule has 0 aliphatic rings. The summed E-state index contributed by atoms with van der Waals surface area (Å²) in [5.74, 6) is -0.767. The molecule has 0 aliphatic heterocycles. The number of nitrogen functional groups attached to an aromatic ring is 1. The Morgan fingerprint density at radius 3 is 2.74 bits per heavy atom. The molecule has 0 spiro atoms. The van der Waals surface area contributed by atoms with E-state index in [-0.39, 0.29) is 27.0 Å². The molecule has 23 heavy (non-hydrogen) atoms. The van der Waals surface area contributed by atoms with Crippen molar-refractivity contribution in [2.24, 2.45) is 5.10 Å². The Hall–Kier alpha value is -2.94. The molecule has 0 heterocycles. The second-order valence-corrected chi connectivity index (χ2v) is 5.26. The molecule has 118 valence electrons. The summed E-state index contributed by atoms with van der Waals surface area (Å²) < 4.78 is 0.145. The molecule has 2 rings (SSSR count). The third-order valence-electron chi connectivity index (χ3n) is 2.86. The molecule has 0 bridgehead atoms. The molecule has 0 aromatic heterocycles. The number of rotatable bonds is 4. The first-order valence-corrected chi connectivity index (χ1v) is 7.04. The van der Waals surface area contributed by atoms with Crippen LogP contribution in [0.15, 0.2) is 46.0 Å². The molecular formula is C14H11BrN4O4. The van der Waals surface area contributed by atoms with Gasteiger partial charge >= 0.3 is 0 Å². The van der Waals surface area contributed by atoms with E-state index < -0.39 is 10.8 Å². The van der Waals surface area contributed by atoms with E-state index in [0.29, 0.717) is 5.69 Å². The Labute approximate surface area is 138 Å².